The van der Waals surface area contributed by atoms with Gasteiger partial charge in [-0.25, -0.2) is 4.79 Å². The Kier molecular flexibility index (Phi) is 3.96. The zero-order valence-corrected chi connectivity index (χ0v) is 13.5. The largest absolute Gasteiger partial charge is 0.480 e. The van der Waals surface area contributed by atoms with Crippen LogP contribution in [0.4, 0.5) is 0 Å². The van der Waals surface area contributed by atoms with E-state index >= 15 is 0 Å². The molecule has 0 saturated heterocycles. The van der Waals surface area contributed by atoms with Gasteiger partial charge in [-0.15, -0.1) is 0 Å². The van der Waals surface area contributed by atoms with Gasteiger partial charge in [-0.1, -0.05) is 13.8 Å². The van der Waals surface area contributed by atoms with Gasteiger partial charge in [0.25, 0.3) is 0 Å². The van der Waals surface area contributed by atoms with Crippen molar-refractivity contribution < 1.29 is 24.2 Å². The van der Waals surface area contributed by atoms with Crippen LogP contribution in [0.1, 0.15) is 58.8 Å². The summed E-state index contributed by atoms with van der Waals surface area (Å²) in [5.74, 6) is -0.123. The molecule has 3 unspecified atom stereocenters. The zero-order chi connectivity index (χ0) is 16.0. The maximum atomic E-state index is 12.3. The smallest absolute Gasteiger partial charge is 0.329 e. The average molecular weight is 310 g/mol. The van der Waals surface area contributed by atoms with Gasteiger partial charge in [-0.2, -0.15) is 0 Å². The van der Waals surface area contributed by atoms with Gasteiger partial charge in [0.05, 0.1) is 11.5 Å². The summed E-state index contributed by atoms with van der Waals surface area (Å²) in [6.07, 6.45) is 6.29. The first-order valence-corrected chi connectivity index (χ1v) is 8.44. The van der Waals surface area contributed by atoms with Crippen LogP contribution in [0.15, 0.2) is 0 Å². The van der Waals surface area contributed by atoms with Crippen molar-refractivity contribution in [2.24, 2.45) is 17.8 Å². The Morgan fingerprint density at radius 3 is 2.32 bits per heavy atom. The van der Waals surface area contributed by atoms with Crippen LogP contribution < -0.4 is 0 Å². The van der Waals surface area contributed by atoms with Gasteiger partial charge in [0.15, 0.2) is 0 Å². The first kappa shape index (κ1) is 15.8. The van der Waals surface area contributed by atoms with Crippen LogP contribution in [0.3, 0.4) is 0 Å². The van der Waals surface area contributed by atoms with E-state index in [0.29, 0.717) is 18.3 Å². The summed E-state index contributed by atoms with van der Waals surface area (Å²) in [5.41, 5.74) is -0.804. The molecule has 0 radical (unpaired) electrons. The number of hydrogen-bond donors (Lipinski definition) is 1. The minimum absolute atomic E-state index is 0.0797. The van der Waals surface area contributed by atoms with Gasteiger partial charge < -0.3 is 14.6 Å². The minimum Gasteiger partial charge on any atom is -0.480 e. The van der Waals surface area contributed by atoms with Crippen LogP contribution in [0.25, 0.3) is 0 Å². The summed E-state index contributed by atoms with van der Waals surface area (Å²) in [7, 11) is 0. The lowest BCUT2D eigenvalue weighted by molar-refractivity contribution is -0.236. The molecule has 124 valence electrons. The molecule has 4 aliphatic rings. The molecule has 0 aromatic heterocycles. The molecule has 5 nitrogen and oxygen atoms in total. The summed E-state index contributed by atoms with van der Waals surface area (Å²) >= 11 is 0. The Balaban J connectivity index is 1.75. The van der Waals surface area contributed by atoms with E-state index in [4.69, 9.17) is 14.6 Å². The molecule has 0 aromatic carbocycles. The lowest BCUT2D eigenvalue weighted by Crippen LogP contribution is -2.61. The monoisotopic (exact) mass is 310 g/mol. The van der Waals surface area contributed by atoms with E-state index < -0.39 is 17.2 Å². The van der Waals surface area contributed by atoms with Gasteiger partial charge in [-0.05, 0) is 50.4 Å². The van der Waals surface area contributed by atoms with Crippen LogP contribution in [0, 0.1) is 17.8 Å². The molecule has 22 heavy (non-hydrogen) atoms. The van der Waals surface area contributed by atoms with E-state index in [1.54, 1.807) is 0 Å². The van der Waals surface area contributed by atoms with E-state index in [2.05, 4.69) is 0 Å². The van der Waals surface area contributed by atoms with Crippen molar-refractivity contribution in [1.29, 1.82) is 0 Å². The van der Waals surface area contributed by atoms with Crippen molar-refractivity contribution >= 4 is 11.9 Å². The van der Waals surface area contributed by atoms with Crippen LogP contribution >= 0.6 is 0 Å². The highest BCUT2D eigenvalue weighted by atomic mass is 16.6. The molecule has 4 aliphatic carbocycles. The van der Waals surface area contributed by atoms with Crippen molar-refractivity contribution in [1.82, 2.24) is 0 Å². The normalized spacial score (nSPS) is 40.5. The summed E-state index contributed by atoms with van der Waals surface area (Å²) in [6.45, 7) is 3.64. The van der Waals surface area contributed by atoms with Gasteiger partial charge in [0.2, 0.25) is 0 Å². The van der Waals surface area contributed by atoms with Crippen molar-refractivity contribution in [2.45, 2.75) is 70.0 Å². The van der Waals surface area contributed by atoms with Gasteiger partial charge in [-0.3, -0.25) is 4.79 Å². The number of carboxylic acid groups (broad SMARTS) is 1. The second-order valence-corrected chi connectivity index (χ2v) is 7.74. The summed E-state index contributed by atoms with van der Waals surface area (Å²) in [5, 5.41) is 8.92. The quantitative estimate of drug-likeness (QED) is 0.764. The molecule has 0 aliphatic heterocycles. The topological polar surface area (TPSA) is 72.8 Å². The molecule has 0 amide bonds. The summed E-state index contributed by atoms with van der Waals surface area (Å²) < 4.78 is 11.8. The minimum atomic E-state index is -0.929. The predicted molar refractivity (Wildman–Crippen MR) is 79.3 cm³/mol. The number of hydrogen-bond acceptors (Lipinski definition) is 4. The summed E-state index contributed by atoms with van der Waals surface area (Å²) in [6, 6.07) is 0. The number of rotatable bonds is 6. The van der Waals surface area contributed by atoms with E-state index in [0.717, 1.165) is 32.1 Å². The maximum Gasteiger partial charge on any atom is 0.329 e. The van der Waals surface area contributed by atoms with Gasteiger partial charge in [0.1, 0.15) is 12.2 Å². The fraction of sp³-hybridized carbons (Fsp3) is 0.882. The molecule has 4 fully saturated rings. The Bertz CT molecular complexity index is 458. The van der Waals surface area contributed by atoms with E-state index in [-0.39, 0.29) is 18.5 Å². The predicted octanol–water partition coefficient (Wildman–Crippen LogP) is 2.77. The van der Waals surface area contributed by atoms with Crippen LogP contribution in [0.2, 0.25) is 0 Å². The molecular weight excluding hydrogens is 284 g/mol. The van der Waals surface area contributed by atoms with Crippen molar-refractivity contribution in [3.8, 4) is 0 Å². The third-order valence-corrected chi connectivity index (χ3v) is 5.79. The number of ether oxygens (including phenoxy) is 2. The van der Waals surface area contributed by atoms with E-state index in [1.165, 1.54) is 6.42 Å². The maximum absolute atomic E-state index is 12.3. The first-order chi connectivity index (χ1) is 10.4. The molecule has 0 aromatic rings. The summed E-state index contributed by atoms with van der Waals surface area (Å²) in [4.78, 5) is 23.1. The molecular formula is C17H26O5. The second-order valence-electron chi connectivity index (χ2n) is 7.74. The van der Waals surface area contributed by atoms with E-state index in [9.17, 15) is 9.59 Å². The molecule has 4 bridgehead atoms. The highest BCUT2D eigenvalue weighted by molar-refractivity contribution is 5.72. The van der Waals surface area contributed by atoms with Gasteiger partial charge >= 0.3 is 11.9 Å². The van der Waals surface area contributed by atoms with Crippen molar-refractivity contribution in [3.05, 3.63) is 0 Å². The Labute approximate surface area is 131 Å². The van der Waals surface area contributed by atoms with Gasteiger partial charge in [0, 0.05) is 6.42 Å². The third kappa shape index (κ3) is 2.87. The zero-order valence-electron chi connectivity index (χ0n) is 13.5. The number of esters is 1. The van der Waals surface area contributed by atoms with Crippen molar-refractivity contribution in [3.63, 3.8) is 0 Å². The van der Waals surface area contributed by atoms with Crippen LogP contribution in [-0.2, 0) is 19.1 Å². The molecule has 0 heterocycles. The molecule has 4 rings (SSSR count). The highest BCUT2D eigenvalue weighted by Gasteiger charge is 2.60. The number of aliphatic carboxylic acids is 1. The second kappa shape index (κ2) is 5.52. The molecule has 4 saturated carbocycles. The lowest BCUT2D eigenvalue weighted by atomic mass is 9.52. The van der Waals surface area contributed by atoms with Crippen molar-refractivity contribution in [2.75, 3.05) is 6.61 Å². The number of carbonyl (C=O) groups is 2. The Hall–Kier alpha value is -1.10. The SMILES string of the molecule is CCC(C)C(=O)OC12CC3CC(CC(OCC(=O)O)(C3)C1)C2. The number of carbonyl (C=O) groups excluding carboxylic acids is 1. The van der Waals surface area contributed by atoms with Crippen LogP contribution in [0.5, 0.6) is 0 Å². The molecule has 0 spiro atoms. The van der Waals surface area contributed by atoms with E-state index in [1.807, 2.05) is 13.8 Å². The first-order valence-electron chi connectivity index (χ1n) is 8.44. The fourth-order valence-electron chi connectivity index (χ4n) is 5.08. The van der Waals surface area contributed by atoms with Crippen LogP contribution in [-0.4, -0.2) is 34.9 Å². The third-order valence-electron chi connectivity index (χ3n) is 5.79. The standard InChI is InChI=1S/C17H26O5/c1-3-11(2)15(20)22-17-7-12-4-13(8-17)6-16(5-12,10-17)21-9-14(18)19/h11-13H,3-10H2,1-2H3,(H,18,19). The molecule has 1 N–H and O–H groups in total. The Morgan fingerprint density at radius 2 is 1.77 bits per heavy atom. The number of carboxylic acids is 1. The fourth-order valence-corrected chi connectivity index (χ4v) is 5.08. The molecule has 5 heteroatoms. The average Bonchev–Trinajstić information content (AvgIpc) is 2.42. The molecule has 3 atom stereocenters. The lowest BCUT2D eigenvalue weighted by Gasteiger charge is -2.60. The Morgan fingerprint density at radius 1 is 1.18 bits per heavy atom. The highest BCUT2D eigenvalue weighted by Crippen LogP contribution is 2.60.